The van der Waals surface area contributed by atoms with Crippen molar-refractivity contribution in [2.45, 2.75) is 38.1 Å². The van der Waals surface area contributed by atoms with Crippen molar-refractivity contribution < 1.29 is 23.9 Å². The van der Waals surface area contributed by atoms with Crippen molar-refractivity contribution in [3.63, 3.8) is 0 Å². The van der Waals surface area contributed by atoms with E-state index in [1.165, 1.54) is 7.11 Å². The largest absolute Gasteiger partial charge is 0.469 e. The summed E-state index contributed by atoms with van der Waals surface area (Å²) in [7, 11) is 1.32. The Labute approximate surface area is 130 Å². The molecule has 1 amide bonds. The monoisotopic (exact) mass is 309 g/mol. The molecule has 0 bridgehead atoms. The second-order valence-electron chi connectivity index (χ2n) is 5.89. The van der Waals surface area contributed by atoms with Gasteiger partial charge in [-0.05, 0) is 26.2 Å². The lowest BCUT2D eigenvalue weighted by atomic mass is 9.94. The number of amides is 1. The smallest absolute Gasteiger partial charge is 0.332 e. The van der Waals surface area contributed by atoms with Gasteiger partial charge < -0.3 is 14.8 Å². The molecule has 6 heteroatoms. The zero-order chi connectivity index (χ0) is 16.3. The molecule has 122 valence electrons. The first-order valence-electron chi connectivity index (χ1n) is 7.69. The maximum atomic E-state index is 12.5. The van der Waals surface area contributed by atoms with E-state index in [-0.39, 0.29) is 24.4 Å². The molecule has 0 aliphatic heterocycles. The summed E-state index contributed by atoms with van der Waals surface area (Å²) in [6.07, 6.45) is 4.22. The van der Waals surface area contributed by atoms with Crippen molar-refractivity contribution in [2.75, 3.05) is 13.7 Å². The highest BCUT2D eigenvalue weighted by molar-refractivity contribution is 5.94. The topological polar surface area (TPSA) is 81.7 Å². The quantitative estimate of drug-likeness (QED) is 0.589. The van der Waals surface area contributed by atoms with Crippen LogP contribution in [0, 0.1) is 17.8 Å². The summed E-state index contributed by atoms with van der Waals surface area (Å²) in [4.78, 5) is 36.4. The Kier molecular flexibility index (Phi) is 4.88. The van der Waals surface area contributed by atoms with Crippen LogP contribution in [0.5, 0.6) is 0 Å². The first kappa shape index (κ1) is 16.5. The summed E-state index contributed by atoms with van der Waals surface area (Å²) in [6.45, 7) is 5.67. The van der Waals surface area contributed by atoms with Crippen LogP contribution < -0.4 is 5.32 Å². The molecule has 2 aliphatic rings. The Hall–Kier alpha value is -1.85. The van der Waals surface area contributed by atoms with Crippen molar-refractivity contribution in [1.82, 2.24) is 5.32 Å². The Balaban J connectivity index is 2.08. The van der Waals surface area contributed by atoms with Gasteiger partial charge in [-0.1, -0.05) is 12.5 Å². The first-order chi connectivity index (χ1) is 10.5. The van der Waals surface area contributed by atoms with Gasteiger partial charge >= 0.3 is 11.9 Å². The molecular weight excluding hydrogens is 286 g/mol. The van der Waals surface area contributed by atoms with Crippen LogP contribution in [0.2, 0.25) is 0 Å². The summed E-state index contributed by atoms with van der Waals surface area (Å²) in [5.74, 6) is -2.05. The van der Waals surface area contributed by atoms with E-state index in [1.54, 1.807) is 13.0 Å². The normalized spacial score (nSPS) is 32.9. The van der Waals surface area contributed by atoms with Crippen molar-refractivity contribution in [3.8, 4) is 0 Å². The minimum Gasteiger partial charge on any atom is -0.469 e. The van der Waals surface area contributed by atoms with E-state index in [0.717, 1.165) is 6.42 Å². The molecule has 1 unspecified atom stereocenters. The predicted molar refractivity (Wildman–Crippen MR) is 78.7 cm³/mol. The fourth-order valence-electron chi connectivity index (χ4n) is 3.28. The zero-order valence-corrected chi connectivity index (χ0v) is 13.1. The molecular formula is C16H23NO5. The fraction of sp³-hybridized carbons (Fsp3) is 0.688. The van der Waals surface area contributed by atoms with E-state index in [9.17, 15) is 14.4 Å². The maximum Gasteiger partial charge on any atom is 0.332 e. The third kappa shape index (κ3) is 2.87. The summed E-state index contributed by atoms with van der Waals surface area (Å²) >= 11 is 0. The van der Waals surface area contributed by atoms with Crippen LogP contribution in [-0.2, 0) is 23.9 Å². The van der Waals surface area contributed by atoms with Gasteiger partial charge in [0.25, 0.3) is 0 Å². The van der Waals surface area contributed by atoms with Crippen LogP contribution in [0.1, 0.15) is 32.6 Å². The number of hydrogen-bond donors (Lipinski definition) is 1. The van der Waals surface area contributed by atoms with Crippen LogP contribution in [0.25, 0.3) is 0 Å². The summed E-state index contributed by atoms with van der Waals surface area (Å²) in [5.41, 5.74) is -1.00. The van der Waals surface area contributed by atoms with Gasteiger partial charge in [-0.2, -0.15) is 0 Å². The molecule has 1 N–H and O–H groups in total. The van der Waals surface area contributed by atoms with Gasteiger partial charge in [0.1, 0.15) is 5.54 Å². The summed E-state index contributed by atoms with van der Waals surface area (Å²) in [6, 6.07) is 0. The SMILES string of the molecule is C=C[C@@H]1C[C@]1(NC(=O)C1CCC[C@H]1C(=O)OC)C(=O)OCC. The lowest BCUT2D eigenvalue weighted by molar-refractivity contribution is -0.151. The molecule has 0 spiro atoms. The summed E-state index contributed by atoms with van der Waals surface area (Å²) in [5, 5.41) is 2.81. The number of rotatable bonds is 6. The van der Waals surface area contributed by atoms with Gasteiger partial charge in [0.2, 0.25) is 5.91 Å². The van der Waals surface area contributed by atoms with E-state index in [1.807, 2.05) is 0 Å². The molecule has 22 heavy (non-hydrogen) atoms. The Morgan fingerprint density at radius 1 is 1.32 bits per heavy atom. The molecule has 2 saturated carbocycles. The third-order valence-corrected chi connectivity index (χ3v) is 4.64. The van der Waals surface area contributed by atoms with Gasteiger partial charge in [-0.15, -0.1) is 6.58 Å². The lowest BCUT2D eigenvalue weighted by Crippen LogP contribution is -2.49. The molecule has 2 fully saturated rings. The number of hydrogen-bond acceptors (Lipinski definition) is 5. The number of carbonyl (C=O) groups excluding carboxylic acids is 3. The maximum absolute atomic E-state index is 12.5. The summed E-state index contributed by atoms with van der Waals surface area (Å²) < 4.78 is 9.83. The fourth-order valence-corrected chi connectivity index (χ4v) is 3.28. The predicted octanol–water partition coefficient (Wildman–Crippen LogP) is 1.20. The molecule has 2 rings (SSSR count). The highest BCUT2D eigenvalue weighted by Gasteiger charge is 2.61. The van der Waals surface area contributed by atoms with Crippen LogP contribution >= 0.6 is 0 Å². The van der Waals surface area contributed by atoms with E-state index in [2.05, 4.69) is 11.9 Å². The highest BCUT2D eigenvalue weighted by atomic mass is 16.5. The molecule has 0 aromatic rings. The van der Waals surface area contributed by atoms with Crippen LogP contribution in [0.3, 0.4) is 0 Å². The number of methoxy groups -OCH3 is 1. The minimum absolute atomic E-state index is 0.117. The molecule has 0 heterocycles. The molecule has 0 saturated heterocycles. The second kappa shape index (κ2) is 6.50. The highest BCUT2D eigenvalue weighted by Crippen LogP contribution is 2.46. The molecule has 0 radical (unpaired) electrons. The molecule has 0 aromatic carbocycles. The average molecular weight is 309 g/mol. The molecule has 2 aliphatic carbocycles. The van der Waals surface area contributed by atoms with Crippen molar-refractivity contribution in [1.29, 1.82) is 0 Å². The van der Waals surface area contributed by atoms with Crippen molar-refractivity contribution in [3.05, 3.63) is 12.7 Å². The number of nitrogens with one attached hydrogen (secondary N) is 1. The standard InChI is InChI=1S/C16H23NO5/c1-4-10-9-16(10,15(20)22-5-2)17-13(18)11-7-6-8-12(11)14(19)21-3/h4,10-12H,1,5-9H2,2-3H3,(H,17,18)/t10-,11?,12-,16-/m1/s1. The third-order valence-electron chi connectivity index (χ3n) is 4.64. The van der Waals surface area contributed by atoms with Gasteiger partial charge in [-0.3, -0.25) is 9.59 Å². The van der Waals surface area contributed by atoms with Crippen LogP contribution in [-0.4, -0.2) is 37.1 Å². The average Bonchev–Trinajstić information content (AvgIpc) is 3.00. The number of carbonyl (C=O) groups is 3. The van der Waals surface area contributed by atoms with Crippen molar-refractivity contribution >= 4 is 17.8 Å². The van der Waals surface area contributed by atoms with Gasteiger partial charge in [0, 0.05) is 5.92 Å². The van der Waals surface area contributed by atoms with Gasteiger partial charge in [0.05, 0.1) is 25.6 Å². The second-order valence-corrected chi connectivity index (χ2v) is 5.89. The van der Waals surface area contributed by atoms with Crippen molar-refractivity contribution in [2.24, 2.45) is 17.8 Å². The minimum atomic E-state index is -1.00. The van der Waals surface area contributed by atoms with Gasteiger partial charge in [0.15, 0.2) is 0 Å². The zero-order valence-electron chi connectivity index (χ0n) is 13.1. The molecule has 6 nitrogen and oxygen atoms in total. The van der Waals surface area contributed by atoms with E-state index in [0.29, 0.717) is 19.3 Å². The lowest BCUT2D eigenvalue weighted by Gasteiger charge is -2.22. The molecule has 0 aromatic heterocycles. The Morgan fingerprint density at radius 3 is 2.55 bits per heavy atom. The Bertz CT molecular complexity index is 489. The van der Waals surface area contributed by atoms with Gasteiger partial charge in [-0.25, -0.2) is 4.79 Å². The Morgan fingerprint density at radius 2 is 2.00 bits per heavy atom. The van der Waals surface area contributed by atoms with E-state index >= 15 is 0 Å². The number of ether oxygens (including phenoxy) is 2. The van der Waals surface area contributed by atoms with E-state index in [4.69, 9.17) is 9.47 Å². The van der Waals surface area contributed by atoms with Crippen LogP contribution in [0.4, 0.5) is 0 Å². The van der Waals surface area contributed by atoms with Crippen LogP contribution in [0.15, 0.2) is 12.7 Å². The first-order valence-corrected chi connectivity index (χ1v) is 7.69. The van der Waals surface area contributed by atoms with E-state index < -0.39 is 23.3 Å². The molecule has 4 atom stereocenters. The number of esters is 2.